The van der Waals surface area contributed by atoms with Crippen LogP contribution in [0.15, 0.2) is 12.4 Å². The van der Waals surface area contributed by atoms with E-state index in [-0.39, 0.29) is 29.4 Å². The lowest BCUT2D eigenvalue weighted by atomic mass is 10.3. The number of rotatable bonds is 2. The number of ether oxygens (including phenoxy) is 1. The molecule has 0 aromatic carbocycles. The van der Waals surface area contributed by atoms with Crippen molar-refractivity contribution in [3.8, 4) is 5.75 Å². The average molecular weight is 288 g/mol. The van der Waals surface area contributed by atoms with Crippen LogP contribution in [0.2, 0.25) is 0 Å². The van der Waals surface area contributed by atoms with Crippen LogP contribution in [0.5, 0.6) is 5.75 Å². The molecule has 1 atom stereocenters. The van der Waals surface area contributed by atoms with Crippen LogP contribution in [-0.2, 0) is 4.94 Å². The molecular weight excluding hydrogens is 281 g/mol. The van der Waals surface area contributed by atoms with Crippen LogP contribution in [0.3, 0.4) is 0 Å². The van der Waals surface area contributed by atoms with Gasteiger partial charge in [-0.2, -0.15) is 5.10 Å². The molecule has 10 heteroatoms. The molecule has 0 fully saturated rings. The maximum absolute atomic E-state index is 12.6. The van der Waals surface area contributed by atoms with Crippen molar-refractivity contribution in [3.05, 3.63) is 18.0 Å². The molecule has 0 radical (unpaired) electrons. The van der Waals surface area contributed by atoms with E-state index in [1.54, 1.807) is 0 Å². The zero-order valence-corrected chi connectivity index (χ0v) is 9.72. The number of carbonyl (C=O) groups excluding carboxylic acids is 1. The van der Waals surface area contributed by atoms with Gasteiger partial charge in [-0.25, -0.2) is 28.0 Å². The molecule has 2 aromatic rings. The third kappa shape index (κ3) is 1.89. The fourth-order valence-electron chi connectivity index (χ4n) is 1.82. The van der Waals surface area contributed by atoms with E-state index in [0.29, 0.717) is 0 Å². The number of hydrogen-bond donors (Lipinski definition) is 1. The topological polar surface area (TPSA) is 77.8 Å². The summed E-state index contributed by atoms with van der Waals surface area (Å²) < 4.78 is 43.5. The molecule has 106 valence electrons. The average Bonchev–Trinajstić information content (AvgIpc) is 2.86. The third-order valence-electron chi connectivity index (χ3n) is 2.79. The summed E-state index contributed by atoms with van der Waals surface area (Å²) in [6.45, 7) is -0.224. The largest absolute Gasteiger partial charge is 0.486 e. The molecule has 0 aliphatic carbocycles. The zero-order chi connectivity index (χ0) is 14.3. The Kier molecular flexibility index (Phi) is 2.84. The van der Waals surface area contributed by atoms with Gasteiger partial charge in [-0.1, -0.05) is 0 Å². The zero-order valence-electron chi connectivity index (χ0n) is 9.72. The van der Waals surface area contributed by atoms with Gasteiger partial charge in [0.15, 0.2) is 17.2 Å². The van der Waals surface area contributed by atoms with Gasteiger partial charge >= 0.3 is 5.97 Å². The molecule has 1 aliphatic rings. The lowest BCUT2D eigenvalue weighted by molar-refractivity contribution is -0.0786. The SMILES string of the molecule is O=C(OF)c1cnn2cc3c(nc12)NC(C(F)F)CO3. The predicted octanol–water partition coefficient (Wildman–Crippen LogP) is 1.21. The maximum Gasteiger partial charge on any atom is 0.384 e. The summed E-state index contributed by atoms with van der Waals surface area (Å²) in [4.78, 5) is 18.2. The normalized spacial score (nSPS) is 17.5. The van der Waals surface area contributed by atoms with Gasteiger partial charge in [0.05, 0.1) is 12.4 Å². The second-order valence-corrected chi connectivity index (χ2v) is 4.04. The van der Waals surface area contributed by atoms with Crippen LogP contribution in [0, 0.1) is 0 Å². The number of carbonyl (C=O) groups is 1. The van der Waals surface area contributed by atoms with Crippen LogP contribution in [-0.4, -0.2) is 39.6 Å². The number of anilines is 1. The molecule has 0 bridgehead atoms. The van der Waals surface area contributed by atoms with Gasteiger partial charge in [-0.05, 0) is 0 Å². The van der Waals surface area contributed by atoms with Gasteiger partial charge in [0, 0.05) is 4.53 Å². The van der Waals surface area contributed by atoms with Gasteiger partial charge < -0.3 is 10.1 Å². The molecule has 1 unspecified atom stereocenters. The molecule has 0 amide bonds. The highest BCUT2D eigenvalue weighted by atomic mass is 19.3. The Bertz CT molecular complexity index is 675. The van der Waals surface area contributed by atoms with E-state index in [2.05, 4.69) is 20.3 Å². The molecule has 0 saturated heterocycles. The number of hydrogen-bond acceptors (Lipinski definition) is 6. The minimum Gasteiger partial charge on any atom is -0.486 e. The highest BCUT2D eigenvalue weighted by Crippen LogP contribution is 2.29. The van der Waals surface area contributed by atoms with Crippen molar-refractivity contribution in [1.29, 1.82) is 0 Å². The highest BCUT2D eigenvalue weighted by molar-refractivity contribution is 5.95. The van der Waals surface area contributed by atoms with Gasteiger partial charge in [-0.15, -0.1) is 0 Å². The Balaban J connectivity index is 2.06. The summed E-state index contributed by atoms with van der Waals surface area (Å²) in [6.07, 6.45) is -0.233. The first-order valence-corrected chi connectivity index (χ1v) is 5.49. The summed E-state index contributed by atoms with van der Waals surface area (Å²) in [7, 11) is 0. The molecule has 1 aliphatic heterocycles. The molecule has 1 N–H and O–H groups in total. The number of nitrogens with one attached hydrogen (secondary N) is 1. The highest BCUT2D eigenvalue weighted by Gasteiger charge is 2.29. The molecule has 0 saturated carbocycles. The molecule has 2 aromatic heterocycles. The lowest BCUT2D eigenvalue weighted by Crippen LogP contribution is -2.38. The second-order valence-electron chi connectivity index (χ2n) is 4.04. The van der Waals surface area contributed by atoms with Crippen molar-refractivity contribution in [2.45, 2.75) is 12.5 Å². The van der Waals surface area contributed by atoms with Crippen molar-refractivity contribution in [2.75, 3.05) is 11.9 Å². The summed E-state index contributed by atoms with van der Waals surface area (Å²) in [5.41, 5.74) is -0.256. The van der Waals surface area contributed by atoms with Gasteiger partial charge in [0.1, 0.15) is 18.2 Å². The first kappa shape index (κ1) is 12.5. The van der Waals surface area contributed by atoms with Crippen molar-refractivity contribution in [1.82, 2.24) is 14.6 Å². The molecule has 3 heterocycles. The molecule has 20 heavy (non-hydrogen) atoms. The monoisotopic (exact) mass is 288 g/mol. The van der Waals surface area contributed by atoms with E-state index >= 15 is 0 Å². The Labute approximate surface area is 109 Å². The van der Waals surface area contributed by atoms with Gasteiger partial charge in [-0.3, -0.25) is 0 Å². The Morgan fingerprint density at radius 2 is 2.40 bits per heavy atom. The summed E-state index contributed by atoms with van der Waals surface area (Å²) in [5, 5.41) is 6.27. The van der Waals surface area contributed by atoms with Crippen LogP contribution >= 0.6 is 0 Å². The van der Waals surface area contributed by atoms with Crippen molar-refractivity contribution in [3.63, 3.8) is 0 Å². The summed E-state index contributed by atoms with van der Waals surface area (Å²) in [6, 6.07) is -1.21. The number of nitrogens with zero attached hydrogens (tertiary/aromatic N) is 3. The van der Waals surface area contributed by atoms with Gasteiger partial charge in [0.25, 0.3) is 6.43 Å². The van der Waals surface area contributed by atoms with E-state index in [4.69, 9.17) is 4.74 Å². The fraction of sp³-hybridized carbons (Fsp3) is 0.300. The van der Waals surface area contributed by atoms with Crippen LogP contribution in [0.4, 0.5) is 19.1 Å². The smallest absolute Gasteiger partial charge is 0.384 e. The van der Waals surface area contributed by atoms with E-state index in [1.807, 2.05) is 0 Å². The number of fused-ring (bicyclic) bond motifs is 2. The van der Waals surface area contributed by atoms with Crippen molar-refractivity contribution in [2.24, 2.45) is 0 Å². The van der Waals surface area contributed by atoms with E-state index < -0.39 is 18.4 Å². The standard InChI is InChI=1S/C10H7F3N4O3/c11-7(12)5-3-19-6-2-17-9(16-8(6)15-5)4(1-14-17)10(18)20-13/h1-2,5,7H,3H2,(H,15,16). The molecule has 7 nitrogen and oxygen atoms in total. The van der Waals surface area contributed by atoms with Crippen LogP contribution < -0.4 is 10.1 Å². The summed E-state index contributed by atoms with van der Waals surface area (Å²) >= 11 is 0. The first-order chi connectivity index (χ1) is 9.60. The molecular formula is C10H7F3N4O3. The quantitative estimate of drug-likeness (QED) is 0.895. The second kappa shape index (κ2) is 4.54. The number of aromatic nitrogens is 3. The first-order valence-electron chi connectivity index (χ1n) is 5.49. The predicted molar refractivity (Wildman–Crippen MR) is 58.4 cm³/mol. The number of alkyl halides is 2. The number of halogens is 3. The molecule has 0 spiro atoms. The Morgan fingerprint density at radius 1 is 1.60 bits per heavy atom. The minimum atomic E-state index is -2.64. The third-order valence-corrected chi connectivity index (χ3v) is 2.79. The maximum atomic E-state index is 12.6. The van der Waals surface area contributed by atoms with E-state index in [0.717, 1.165) is 10.7 Å². The van der Waals surface area contributed by atoms with Crippen molar-refractivity contribution >= 4 is 17.4 Å². The Morgan fingerprint density at radius 3 is 3.10 bits per heavy atom. The minimum absolute atomic E-state index is 0.0301. The summed E-state index contributed by atoms with van der Waals surface area (Å²) in [5.74, 6) is -1.03. The molecule has 3 rings (SSSR count). The lowest BCUT2D eigenvalue weighted by Gasteiger charge is -2.25. The van der Waals surface area contributed by atoms with Crippen LogP contribution in [0.1, 0.15) is 10.4 Å². The van der Waals surface area contributed by atoms with E-state index in [9.17, 15) is 18.1 Å². The van der Waals surface area contributed by atoms with Crippen molar-refractivity contribution < 1.29 is 27.8 Å². The fourth-order valence-corrected chi connectivity index (χ4v) is 1.82. The Hall–Kier alpha value is -2.52. The van der Waals surface area contributed by atoms with E-state index in [1.165, 1.54) is 6.20 Å². The van der Waals surface area contributed by atoms with Gasteiger partial charge in [0.2, 0.25) is 0 Å². The van der Waals surface area contributed by atoms with Crippen LogP contribution in [0.25, 0.3) is 5.65 Å².